The van der Waals surface area contributed by atoms with Gasteiger partial charge in [0.25, 0.3) is 30.4 Å². The lowest BCUT2D eigenvalue weighted by Crippen LogP contribution is -2.40. The van der Waals surface area contributed by atoms with Crippen LogP contribution in [0.1, 0.15) is 110 Å². The lowest BCUT2D eigenvalue weighted by molar-refractivity contribution is -0.122. The van der Waals surface area contributed by atoms with Gasteiger partial charge in [0.2, 0.25) is 0 Å². The highest BCUT2D eigenvalue weighted by Gasteiger charge is 2.44. The molecule has 0 fully saturated rings. The van der Waals surface area contributed by atoms with Gasteiger partial charge in [-0.2, -0.15) is 25.3 Å². The lowest BCUT2D eigenvalue weighted by Gasteiger charge is -2.33. The summed E-state index contributed by atoms with van der Waals surface area (Å²) in [5, 5.41) is 0. The van der Waals surface area contributed by atoms with Crippen molar-refractivity contribution >= 4 is 47.5 Å². The van der Waals surface area contributed by atoms with Gasteiger partial charge in [0.05, 0.1) is 21.6 Å². The maximum atomic E-state index is 12.3. The van der Waals surface area contributed by atoms with Crippen molar-refractivity contribution in [2.24, 2.45) is 5.92 Å². The summed E-state index contributed by atoms with van der Waals surface area (Å²) >= 11 is 0. The van der Waals surface area contributed by atoms with Gasteiger partial charge in [-0.1, -0.05) is 84.4 Å². The molecule has 0 aromatic heterocycles. The van der Waals surface area contributed by atoms with Gasteiger partial charge in [-0.25, -0.2) is 0 Å². The zero-order valence-electron chi connectivity index (χ0n) is 38.0. The van der Waals surface area contributed by atoms with Gasteiger partial charge in [-0.3, -0.25) is 18.5 Å². The third-order valence-electron chi connectivity index (χ3n) is 12.9. The Morgan fingerprint density at radius 3 is 2.09 bits per heavy atom. The number of Topliss-reactive ketones (excluding diaryl/α,β-unsaturated/α-hetero) is 1. The van der Waals surface area contributed by atoms with Gasteiger partial charge in [-0.15, -0.1) is 0 Å². The second-order valence-electron chi connectivity index (χ2n) is 18.6. The number of carbonyl (C=O) groups is 1. The second-order valence-corrected chi connectivity index (χ2v) is 23.0. The summed E-state index contributed by atoms with van der Waals surface area (Å²) < 4.78 is 107. The minimum atomic E-state index is -4.47. The van der Waals surface area contributed by atoms with Crippen molar-refractivity contribution in [3.05, 3.63) is 125 Å². The maximum absolute atomic E-state index is 12.3. The molecule has 3 aromatic carbocycles. The molecule has 3 aromatic rings. The molecule has 3 N–H and O–H groups in total. The van der Waals surface area contributed by atoms with Crippen molar-refractivity contribution in [1.29, 1.82) is 0 Å². The summed E-state index contributed by atoms with van der Waals surface area (Å²) in [5.74, 6) is 0.836. The number of hydrogen-bond donors (Lipinski definition) is 3. The molecule has 2 heterocycles. The van der Waals surface area contributed by atoms with E-state index in [4.69, 9.17) is 4.74 Å². The van der Waals surface area contributed by atoms with Gasteiger partial charge in [0.15, 0.2) is 0 Å². The quantitative estimate of drug-likeness (QED) is 0.0760. The third kappa shape index (κ3) is 11.7. The zero-order valence-corrected chi connectivity index (χ0v) is 40.5. The molecular formula is C49H62N2O11S3. The van der Waals surface area contributed by atoms with E-state index < -0.39 is 41.2 Å². The number of para-hydroxylation sites is 1. The van der Waals surface area contributed by atoms with E-state index in [1.165, 1.54) is 30.3 Å². The number of ketones is 1. The highest BCUT2D eigenvalue weighted by molar-refractivity contribution is 7.86. The Morgan fingerprint density at radius 1 is 0.769 bits per heavy atom. The van der Waals surface area contributed by atoms with Gasteiger partial charge in [-0.05, 0) is 122 Å². The minimum Gasteiger partial charge on any atom is -0.457 e. The summed E-state index contributed by atoms with van der Waals surface area (Å²) in [6.07, 6.45) is 14.1. The third-order valence-corrected chi connectivity index (χ3v) is 15.4. The first-order chi connectivity index (χ1) is 30.4. The highest BCUT2D eigenvalue weighted by Crippen LogP contribution is 2.49. The Labute approximate surface area is 385 Å². The van der Waals surface area contributed by atoms with Gasteiger partial charge in [0.1, 0.15) is 17.3 Å². The molecule has 16 heteroatoms. The second kappa shape index (κ2) is 19.7. The topological polar surface area (TPSA) is 196 Å². The molecule has 3 aliphatic rings. The van der Waals surface area contributed by atoms with Gasteiger partial charge in [0, 0.05) is 53.3 Å². The minimum absolute atomic E-state index is 0.0158. The molecule has 6 rings (SSSR count). The molecule has 1 atom stereocenters. The van der Waals surface area contributed by atoms with E-state index in [2.05, 4.69) is 47.9 Å². The van der Waals surface area contributed by atoms with Crippen molar-refractivity contribution in [2.75, 3.05) is 28.6 Å². The van der Waals surface area contributed by atoms with Gasteiger partial charge >= 0.3 is 0 Å². The average molecular weight is 951 g/mol. The summed E-state index contributed by atoms with van der Waals surface area (Å²) in [5.41, 5.74) is 5.51. The molecule has 13 nitrogen and oxygen atoms in total. The Kier molecular flexibility index (Phi) is 15.1. The molecule has 0 radical (unpaired) electrons. The number of allylic oxidation sites excluding steroid dienone is 6. The monoisotopic (exact) mass is 950 g/mol. The van der Waals surface area contributed by atoms with Crippen LogP contribution in [0.15, 0.2) is 123 Å². The van der Waals surface area contributed by atoms with E-state index in [1.54, 1.807) is 12.1 Å². The molecular weight excluding hydrogens is 889 g/mol. The van der Waals surface area contributed by atoms with Crippen molar-refractivity contribution < 1.29 is 48.4 Å². The van der Waals surface area contributed by atoms with E-state index in [-0.39, 0.29) is 33.3 Å². The summed E-state index contributed by atoms with van der Waals surface area (Å²) in [4.78, 5) is 16.3. The molecule has 352 valence electrons. The van der Waals surface area contributed by atoms with E-state index in [0.29, 0.717) is 56.7 Å². The normalized spacial score (nSPS) is 19.8. The maximum Gasteiger partial charge on any atom is 0.294 e. The van der Waals surface area contributed by atoms with Crippen molar-refractivity contribution in [2.45, 2.75) is 126 Å². The van der Waals surface area contributed by atoms with Gasteiger partial charge < -0.3 is 14.5 Å². The van der Waals surface area contributed by atoms with Crippen LogP contribution in [-0.4, -0.2) is 69.6 Å². The van der Waals surface area contributed by atoms with E-state index in [0.717, 1.165) is 65.0 Å². The molecule has 0 saturated carbocycles. The number of anilines is 2. The van der Waals surface area contributed by atoms with Crippen LogP contribution >= 0.6 is 0 Å². The Morgan fingerprint density at radius 2 is 1.43 bits per heavy atom. The van der Waals surface area contributed by atoms with Crippen LogP contribution in [0.4, 0.5) is 11.4 Å². The van der Waals surface area contributed by atoms with E-state index in [1.807, 2.05) is 52.0 Å². The van der Waals surface area contributed by atoms with Crippen molar-refractivity contribution in [1.82, 2.24) is 0 Å². The largest absolute Gasteiger partial charge is 0.457 e. The summed E-state index contributed by atoms with van der Waals surface area (Å²) in [7, 11) is -13.0. The first kappa shape index (κ1) is 49.8. The van der Waals surface area contributed by atoms with Crippen molar-refractivity contribution in [3.8, 4) is 5.75 Å². The van der Waals surface area contributed by atoms with Crippen LogP contribution in [0.3, 0.4) is 0 Å². The van der Waals surface area contributed by atoms with Crippen LogP contribution < -0.4 is 14.5 Å². The molecule has 65 heavy (non-hydrogen) atoms. The number of hydrogen-bond acceptors (Lipinski definition) is 10. The Balaban J connectivity index is 1.41. The summed E-state index contributed by atoms with van der Waals surface area (Å²) in [6, 6.07) is 18.1. The molecule has 1 unspecified atom stereocenters. The van der Waals surface area contributed by atoms with Crippen LogP contribution in [0.25, 0.3) is 0 Å². The zero-order chi connectivity index (χ0) is 47.5. The number of carbonyl (C=O) groups excluding carboxylic acids is 1. The molecule has 0 saturated heterocycles. The fraction of sp³-hybridized carbons (Fsp3) is 0.449. The SMILES string of the molecule is CC(C)C(=O)CCCCCN1c2ccc(S(=O)(=O)O)cc2C(C)(C)C1/C=C/C1=C(Oc2ccc(S(=O)(=O)O)cc2)C(=C/C=C2/N(CCCCS(=O)(=O)O)c3ccccc3C2(C)C)/CCC1. The molecule has 0 amide bonds. The predicted octanol–water partition coefficient (Wildman–Crippen LogP) is 9.78. The Bertz CT molecular complexity index is 2730. The van der Waals surface area contributed by atoms with Crippen LogP contribution in [0.5, 0.6) is 5.75 Å². The van der Waals surface area contributed by atoms with Crippen LogP contribution in [0, 0.1) is 5.92 Å². The summed E-state index contributed by atoms with van der Waals surface area (Å²) in [6.45, 7) is 13.4. The molecule has 0 bridgehead atoms. The number of benzene rings is 3. The molecule has 2 aliphatic heterocycles. The average Bonchev–Trinajstić information content (AvgIpc) is 3.57. The molecule has 0 spiro atoms. The first-order valence-electron chi connectivity index (χ1n) is 22.2. The van der Waals surface area contributed by atoms with Crippen molar-refractivity contribution in [3.63, 3.8) is 0 Å². The first-order valence-corrected chi connectivity index (χ1v) is 26.7. The number of nitrogens with zero attached hydrogens (tertiary/aromatic N) is 2. The van der Waals surface area contributed by atoms with Crippen LogP contribution in [-0.2, 0) is 46.0 Å². The predicted molar refractivity (Wildman–Crippen MR) is 254 cm³/mol. The van der Waals surface area contributed by atoms with E-state index >= 15 is 0 Å². The Hall–Kier alpha value is -4.58. The number of unbranched alkanes of at least 4 members (excludes halogenated alkanes) is 3. The standard InChI is InChI=1S/C49H62N2O11S3/c1-34(2)44(52)19-8-7-11-30-51-43-27-26-39(65(59,60)61)33-41(43)49(5,6)46(51)29-21-36-16-14-15-35(47(36)62-37-22-24-38(25-23-37)64(56,57)58)20-28-45-48(3,4)40-17-9-10-18-42(40)50(45)31-12-13-32-63(53,54)55/h9-10,17-18,20-29,33-34,46H,7-8,11-16,19,30-32H2,1-6H3,(H,53,54,55)(H,56,57,58)(H,59,60,61)/b29-21+,35-20+,45-28+. The van der Waals surface area contributed by atoms with E-state index in [9.17, 15) is 43.7 Å². The smallest absolute Gasteiger partial charge is 0.294 e. The molecule has 1 aliphatic carbocycles. The fourth-order valence-corrected chi connectivity index (χ4v) is 10.8. The van der Waals surface area contributed by atoms with Crippen LogP contribution in [0.2, 0.25) is 0 Å². The lowest BCUT2D eigenvalue weighted by atomic mass is 9.80. The number of rotatable bonds is 19. The highest BCUT2D eigenvalue weighted by atomic mass is 32.2. The number of ether oxygens (including phenoxy) is 1. The fourth-order valence-electron chi connectivity index (χ4n) is 9.26. The number of fused-ring (bicyclic) bond motifs is 2.